The first-order valence-corrected chi connectivity index (χ1v) is 6.71. The van der Waals surface area contributed by atoms with E-state index in [1.165, 1.54) is 18.4 Å². The third-order valence-electron chi connectivity index (χ3n) is 3.38. The van der Waals surface area contributed by atoms with Crippen molar-refractivity contribution in [3.8, 4) is 5.88 Å². The van der Waals surface area contributed by atoms with E-state index in [-0.39, 0.29) is 0 Å². The molecule has 2 heterocycles. The molecular formula is C15H19N3O. The Hall–Kier alpha value is -1.81. The maximum atomic E-state index is 5.27. The van der Waals surface area contributed by atoms with Crippen LogP contribution < -0.4 is 10.1 Å². The summed E-state index contributed by atoms with van der Waals surface area (Å²) in [6, 6.07) is 6.91. The molecule has 4 nitrogen and oxygen atoms in total. The Balaban J connectivity index is 1.65. The Morgan fingerprint density at radius 2 is 2.32 bits per heavy atom. The molecule has 0 atom stereocenters. The minimum absolute atomic E-state index is 0.703. The topological polar surface area (TPSA) is 39.1 Å². The van der Waals surface area contributed by atoms with Crippen molar-refractivity contribution in [2.45, 2.75) is 32.0 Å². The SMILES string of the molecule is COc1ncccc1Cn1ccc(CNC2CC2)c1. The zero-order valence-corrected chi connectivity index (χ0v) is 11.2. The Morgan fingerprint density at radius 3 is 3.11 bits per heavy atom. The molecule has 3 rings (SSSR count). The van der Waals surface area contributed by atoms with E-state index >= 15 is 0 Å². The van der Waals surface area contributed by atoms with E-state index in [1.807, 2.05) is 12.1 Å². The first-order chi connectivity index (χ1) is 9.35. The second-order valence-electron chi connectivity index (χ2n) is 5.02. The van der Waals surface area contributed by atoms with Gasteiger partial charge < -0.3 is 14.6 Å². The van der Waals surface area contributed by atoms with Crippen LogP contribution in [0.5, 0.6) is 5.88 Å². The fourth-order valence-electron chi connectivity index (χ4n) is 2.17. The molecule has 2 aromatic heterocycles. The maximum Gasteiger partial charge on any atom is 0.218 e. The van der Waals surface area contributed by atoms with Gasteiger partial charge >= 0.3 is 0 Å². The highest BCUT2D eigenvalue weighted by molar-refractivity contribution is 5.26. The van der Waals surface area contributed by atoms with Gasteiger partial charge in [-0.25, -0.2) is 4.98 Å². The average molecular weight is 257 g/mol. The van der Waals surface area contributed by atoms with Crippen molar-refractivity contribution in [2.75, 3.05) is 7.11 Å². The highest BCUT2D eigenvalue weighted by Gasteiger charge is 2.19. The van der Waals surface area contributed by atoms with Gasteiger partial charge in [0.25, 0.3) is 0 Å². The number of aromatic nitrogens is 2. The van der Waals surface area contributed by atoms with E-state index in [1.54, 1.807) is 13.3 Å². The molecule has 100 valence electrons. The molecule has 0 aromatic carbocycles. The van der Waals surface area contributed by atoms with Crippen LogP contribution in [0.1, 0.15) is 24.0 Å². The van der Waals surface area contributed by atoms with Gasteiger partial charge in [0, 0.05) is 36.7 Å². The number of methoxy groups -OCH3 is 1. The predicted molar refractivity (Wildman–Crippen MR) is 74.2 cm³/mol. The molecule has 0 amide bonds. The predicted octanol–water partition coefficient (Wildman–Crippen LogP) is 2.19. The second kappa shape index (κ2) is 5.45. The summed E-state index contributed by atoms with van der Waals surface area (Å²) in [5.41, 5.74) is 2.43. The number of pyridine rings is 1. The van der Waals surface area contributed by atoms with Crippen LogP contribution in [0.15, 0.2) is 36.8 Å². The van der Waals surface area contributed by atoms with Gasteiger partial charge in [0.1, 0.15) is 0 Å². The standard InChI is InChI=1S/C15H19N3O/c1-19-15-13(3-2-7-16-15)11-18-8-6-12(10-18)9-17-14-4-5-14/h2-3,6-8,10,14,17H,4-5,9,11H2,1H3. The summed E-state index contributed by atoms with van der Waals surface area (Å²) in [7, 11) is 1.66. The van der Waals surface area contributed by atoms with E-state index in [0.717, 1.165) is 24.7 Å². The molecule has 4 heteroatoms. The normalized spacial score (nSPS) is 14.6. The van der Waals surface area contributed by atoms with Crippen LogP contribution in [0.4, 0.5) is 0 Å². The van der Waals surface area contributed by atoms with Gasteiger partial charge in [-0.1, -0.05) is 6.07 Å². The molecule has 1 N–H and O–H groups in total. The maximum absolute atomic E-state index is 5.27. The molecule has 1 saturated carbocycles. The van der Waals surface area contributed by atoms with Gasteiger partial charge in [-0.3, -0.25) is 0 Å². The number of nitrogens with zero attached hydrogens (tertiary/aromatic N) is 2. The molecule has 19 heavy (non-hydrogen) atoms. The van der Waals surface area contributed by atoms with Crippen molar-refractivity contribution in [3.63, 3.8) is 0 Å². The van der Waals surface area contributed by atoms with Crippen molar-refractivity contribution in [2.24, 2.45) is 0 Å². The summed E-state index contributed by atoms with van der Waals surface area (Å²) >= 11 is 0. The van der Waals surface area contributed by atoms with Gasteiger partial charge in [0.2, 0.25) is 5.88 Å². The Morgan fingerprint density at radius 1 is 1.42 bits per heavy atom. The lowest BCUT2D eigenvalue weighted by molar-refractivity contribution is 0.391. The fourth-order valence-corrected chi connectivity index (χ4v) is 2.17. The molecule has 2 aromatic rings. The lowest BCUT2D eigenvalue weighted by Gasteiger charge is -2.07. The van der Waals surface area contributed by atoms with E-state index < -0.39 is 0 Å². The van der Waals surface area contributed by atoms with Crippen LogP contribution in [0, 0.1) is 0 Å². The quantitative estimate of drug-likeness (QED) is 0.862. The van der Waals surface area contributed by atoms with Gasteiger partial charge in [0.15, 0.2) is 0 Å². The van der Waals surface area contributed by atoms with Gasteiger partial charge in [-0.05, 0) is 30.5 Å². The molecule has 0 unspecified atom stereocenters. The molecule has 0 saturated heterocycles. The van der Waals surface area contributed by atoms with Crippen molar-refractivity contribution >= 4 is 0 Å². The highest BCUT2D eigenvalue weighted by atomic mass is 16.5. The largest absolute Gasteiger partial charge is 0.481 e. The molecule has 0 radical (unpaired) electrons. The molecule has 0 bridgehead atoms. The number of rotatable bonds is 6. The molecule has 1 aliphatic carbocycles. The van der Waals surface area contributed by atoms with Crippen molar-refractivity contribution in [3.05, 3.63) is 47.9 Å². The van der Waals surface area contributed by atoms with Crippen LogP contribution in [-0.4, -0.2) is 22.7 Å². The fraction of sp³-hybridized carbons (Fsp3) is 0.400. The Bertz CT molecular complexity index is 546. The third-order valence-corrected chi connectivity index (χ3v) is 3.38. The van der Waals surface area contributed by atoms with Gasteiger partial charge in [-0.15, -0.1) is 0 Å². The molecule has 0 aliphatic heterocycles. The molecular weight excluding hydrogens is 238 g/mol. The lowest BCUT2D eigenvalue weighted by atomic mass is 10.2. The zero-order valence-electron chi connectivity index (χ0n) is 11.2. The molecule has 1 aliphatic rings. The molecule has 1 fully saturated rings. The summed E-state index contributed by atoms with van der Waals surface area (Å²) in [5.74, 6) is 0.703. The van der Waals surface area contributed by atoms with E-state index in [4.69, 9.17) is 4.74 Å². The number of hydrogen-bond donors (Lipinski definition) is 1. The minimum Gasteiger partial charge on any atom is -0.481 e. The van der Waals surface area contributed by atoms with Crippen molar-refractivity contribution < 1.29 is 4.74 Å². The minimum atomic E-state index is 0.703. The van der Waals surface area contributed by atoms with E-state index in [2.05, 4.69) is 33.3 Å². The second-order valence-corrected chi connectivity index (χ2v) is 5.02. The van der Waals surface area contributed by atoms with Crippen LogP contribution in [0.25, 0.3) is 0 Å². The third kappa shape index (κ3) is 3.15. The highest BCUT2D eigenvalue weighted by Crippen LogP contribution is 2.20. The van der Waals surface area contributed by atoms with Gasteiger partial charge in [0.05, 0.1) is 13.7 Å². The molecule has 0 spiro atoms. The van der Waals surface area contributed by atoms with E-state index in [0.29, 0.717) is 5.88 Å². The lowest BCUT2D eigenvalue weighted by Crippen LogP contribution is -2.14. The summed E-state index contributed by atoms with van der Waals surface area (Å²) in [5, 5.41) is 3.52. The van der Waals surface area contributed by atoms with Crippen LogP contribution in [-0.2, 0) is 13.1 Å². The summed E-state index contributed by atoms with van der Waals surface area (Å²) < 4.78 is 7.44. The zero-order chi connectivity index (χ0) is 13.1. The average Bonchev–Trinajstić information content (AvgIpc) is 3.17. The number of nitrogens with one attached hydrogen (secondary N) is 1. The Labute approximate surface area is 113 Å². The summed E-state index contributed by atoms with van der Waals surface area (Å²) in [4.78, 5) is 4.22. The van der Waals surface area contributed by atoms with E-state index in [9.17, 15) is 0 Å². The number of hydrogen-bond acceptors (Lipinski definition) is 3. The first kappa shape index (κ1) is 12.2. The van der Waals surface area contributed by atoms with Crippen molar-refractivity contribution in [1.82, 2.24) is 14.9 Å². The monoisotopic (exact) mass is 257 g/mol. The van der Waals surface area contributed by atoms with Crippen molar-refractivity contribution in [1.29, 1.82) is 0 Å². The summed E-state index contributed by atoms with van der Waals surface area (Å²) in [6.45, 7) is 1.75. The first-order valence-electron chi connectivity index (χ1n) is 6.71. The van der Waals surface area contributed by atoms with Crippen LogP contribution in [0.2, 0.25) is 0 Å². The number of ether oxygens (including phenoxy) is 1. The Kier molecular flexibility index (Phi) is 3.51. The van der Waals surface area contributed by atoms with Crippen LogP contribution in [0.3, 0.4) is 0 Å². The summed E-state index contributed by atoms with van der Waals surface area (Å²) in [6.07, 6.45) is 8.70. The van der Waals surface area contributed by atoms with Crippen LogP contribution >= 0.6 is 0 Å². The smallest absolute Gasteiger partial charge is 0.218 e. The van der Waals surface area contributed by atoms with Gasteiger partial charge in [-0.2, -0.15) is 0 Å².